The third kappa shape index (κ3) is 13.7. The summed E-state index contributed by atoms with van der Waals surface area (Å²) in [7, 11) is 0. The van der Waals surface area contributed by atoms with E-state index in [1.807, 2.05) is 0 Å². The normalized spacial score (nSPS) is 23.5. The fraction of sp³-hybridized carbons (Fsp3) is 0.944. The Kier molecular flexibility index (Phi) is 19.7. The van der Waals surface area contributed by atoms with E-state index in [1.165, 1.54) is 154 Å². The van der Waals surface area contributed by atoms with Crippen LogP contribution in [-0.4, -0.2) is 58.7 Å². The summed E-state index contributed by atoms with van der Waals surface area (Å²) < 4.78 is 0. The summed E-state index contributed by atoms with van der Waals surface area (Å²) in [5, 5.41) is 0. The molecule has 0 aliphatic heterocycles. The van der Waals surface area contributed by atoms with E-state index >= 15 is 0 Å². The van der Waals surface area contributed by atoms with Crippen molar-refractivity contribution in [1.29, 1.82) is 0 Å². The summed E-state index contributed by atoms with van der Waals surface area (Å²) in [6.45, 7) is 9.30. The Balaban J connectivity index is 0.000000280. The molecular formula is C36H66CoN4. The van der Waals surface area contributed by atoms with Crippen molar-refractivity contribution in [2.75, 3.05) is 0 Å². The summed E-state index contributed by atoms with van der Waals surface area (Å²) in [4.78, 5) is 14.7. The first-order chi connectivity index (χ1) is 19.6. The number of hydrogen-bond donors (Lipinski definition) is 0. The molecule has 4 rings (SSSR count). The topological polar surface area (TPSA) is 31.2 Å². The molecule has 0 amide bonds. The molecule has 4 aliphatic rings. The Morgan fingerprint density at radius 2 is 0.805 bits per heavy atom. The van der Waals surface area contributed by atoms with Crippen LogP contribution >= 0.6 is 0 Å². The zero-order chi connectivity index (χ0) is 28.4. The molecule has 2 unspecified atom stereocenters. The van der Waals surface area contributed by atoms with Gasteiger partial charge in [0.05, 0.1) is 0 Å². The van der Waals surface area contributed by atoms with Crippen LogP contribution in [0.15, 0.2) is 9.98 Å². The van der Waals surface area contributed by atoms with Gasteiger partial charge >= 0.3 is 16.8 Å². The van der Waals surface area contributed by atoms with Gasteiger partial charge in [-0.05, 0) is 102 Å². The summed E-state index contributed by atoms with van der Waals surface area (Å²) in [5.41, 5.74) is 0. The molecule has 1 radical (unpaired) electrons. The van der Waals surface area contributed by atoms with Crippen molar-refractivity contribution >= 4 is 12.7 Å². The Labute approximate surface area is 266 Å². The smallest absolute Gasteiger partial charge is 0.533 e. The molecule has 0 bridgehead atoms. The quantitative estimate of drug-likeness (QED) is 0.0949. The largest absolute Gasteiger partial charge is 2.00 e. The van der Waals surface area contributed by atoms with Crippen LogP contribution in [0.5, 0.6) is 0 Å². The molecular weight excluding hydrogens is 547 g/mol. The molecule has 4 aliphatic carbocycles. The standard InChI is InChI=1S/2C18H33N2.Co/c2*1-3-10-16(2)20(18-13-8-5-9-14-18)15-19-17-11-6-4-7-12-17;/h2*16-18H,3-14H2,1-2H3;/q2*-1;+2. The summed E-state index contributed by atoms with van der Waals surface area (Å²) in [6.07, 6.45) is 39.3. The second-order valence-electron chi connectivity index (χ2n) is 13.7. The maximum Gasteiger partial charge on any atom is 2.00 e. The van der Waals surface area contributed by atoms with Crippen LogP contribution in [0.1, 0.15) is 182 Å². The number of aliphatic imine (C=N–C) groups is 2. The third-order valence-corrected chi connectivity index (χ3v) is 10.2. The van der Waals surface area contributed by atoms with Crippen molar-refractivity contribution in [2.45, 2.75) is 218 Å². The zero-order valence-corrected chi connectivity index (χ0v) is 28.6. The number of rotatable bonds is 12. The van der Waals surface area contributed by atoms with Gasteiger partial charge < -0.3 is 19.8 Å². The van der Waals surface area contributed by atoms with Gasteiger partial charge in [0.15, 0.2) is 0 Å². The van der Waals surface area contributed by atoms with E-state index in [0.717, 1.165) is 0 Å². The third-order valence-electron chi connectivity index (χ3n) is 10.2. The van der Waals surface area contributed by atoms with Gasteiger partial charge in [0.25, 0.3) is 0 Å². The predicted molar refractivity (Wildman–Crippen MR) is 175 cm³/mol. The van der Waals surface area contributed by atoms with E-state index in [9.17, 15) is 0 Å². The molecule has 4 nitrogen and oxygen atoms in total. The van der Waals surface area contributed by atoms with Gasteiger partial charge in [-0.25, -0.2) is 0 Å². The number of nitrogens with zero attached hydrogens (tertiary/aromatic N) is 4. The molecule has 0 N–H and O–H groups in total. The molecule has 0 spiro atoms. The first-order valence-electron chi connectivity index (χ1n) is 18.1. The van der Waals surface area contributed by atoms with Crippen LogP contribution in [0, 0.1) is 0 Å². The van der Waals surface area contributed by atoms with Gasteiger partial charge in [-0.3, -0.25) is 12.7 Å². The first kappa shape index (κ1) is 36.6. The van der Waals surface area contributed by atoms with Crippen LogP contribution < -0.4 is 0 Å². The van der Waals surface area contributed by atoms with E-state index in [2.05, 4.69) is 50.2 Å². The fourth-order valence-corrected chi connectivity index (χ4v) is 7.63. The predicted octanol–water partition coefficient (Wildman–Crippen LogP) is 10.1. The van der Waals surface area contributed by atoms with Crippen LogP contribution in [0.25, 0.3) is 0 Å². The average molecular weight is 614 g/mol. The van der Waals surface area contributed by atoms with Crippen LogP contribution in [-0.2, 0) is 16.8 Å². The number of hydrogen-bond acceptors (Lipinski definition) is 2. The van der Waals surface area contributed by atoms with E-state index in [0.29, 0.717) is 36.3 Å². The Bertz CT molecular complexity index is 615. The van der Waals surface area contributed by atoms with Gasteiger partial charge in [0, 0.05) is 12.1 Å². The Morgan fingerprint density at radius 1 is 0.512 bits per heavy atom. The minimum absolute atomic E-state index is 0. The average Bonchev–Trinajstić information content (AvgIpc) is 3.00. The summed E-state index contributed by atoms with van der Waals surface area (Å²) in [5.74, 6) is 0. The van der Waals surface area contributed by atoms with E-state index in [1.54, 1.807) is 0 Å². The van der Waals surface area contributed by atoms with Crippen molar-refractivity contribution in [3.63, 3.8) is 0 Å². The minimum atomic E-state index is 0. The second-order valence-corrected chi connectivity index (χ2v) is 13.7. The molecule has 5 heteroatoms. The molecule has 0 saturated heterocycles. The molecule has 0 heterocycles. The monoisotopic (exact) mass is 613 g/mol. The second kappa shape index (κ2) is 22.0. The molecule has 4 fully saturated rings. The molecule has 0 aromatic carbocycles. The first-order valence-corrected chi connectivity index (χ1v) is 18.1. The van der Waals surface area contributed by atoms with Crippen molar-refractivity contribution < 1.29 is 16.8 Å². The zero-order valence-electron chi connectivity index (χ0n) is 27.6. The molecule has 4 saturated carbocycles. The van der Waals surface area contributed by atoms with Crippen molar-refractivity contribution in [3.8, 4) is 0 Å². The molecule has 239 valence electrons. The van der Waals surface area contributed by atoms with Gasteiger partial charge in [0.2, 0.25) is 0 Å². The maximum atomic E-state index is 4.84. The maximum absolute atomic E-state index is 4.84. The Hall–Kier alpha value is -0.554. The van der Waals surface area contributed by atoms with E-state index in [-0.39, 0.29) is 16.8 Å². The molecule has 2 atom stereocenters. The fourth-order valence-electron chi connectivity index (χ4n) is 7.63. The minimum Gasteiger partial charge on any atom is -0.533 e. The summed E-state index contributed by atoms with van der Waals surface area (Å²) >= 11 is 0. The Morgan fingerprint density at radius 3 is 1.10 bits per heavy atom. The van der Waals surface area contributed by atoms with Gasteiger partial charge in [0.1, 0.15) is 0 Å². The molecule has 0 aromatic rings. The van der Waals surface area contributed by atoms with Crippen molar-refractivity contribution in [3.05, 3.63) is 0 Å². The SMILES string of the molecule is CCCC(C)N([C-]=NC1CCCCC1)C1CCCCC1.CCCC(C)N([C-]=NC1CCCCC1)C1CCCCC1.[Co+2]. The van der Waals surface area contributed by atoms with Gasteiger partial charge in [-0.2, -0.15) is 0 Å². The van der Waals surface area contributed by atoms with Crippen molar-refractivity contribution in [2.24, 2.45) is 9.98 Å². The van der Waals surface area contributed by atoms with E-state index in [4.69, 9.17) is 9.98 Å². The van der Waals surface area contributed by atoms with E-state index < -0.39 is 0 Å². The van der Waals surface area contributed by atoms with Crippen LogP contribution in [0.2, 0.25) is 0 Å². The van der Waals surface area contributed by atoms with Gasteiger partial charge in [-0.1, -0.05) is 104 Å². The van der Waals surface area contributed by atoms with Crippen LogP contribution in [0.3, 0.4) is 0 Å². The van der Waals surface area contributed by atoms with Crippen LogP contribution in [0.4, 0.5) is 0 Å². The molecule has 0 aromatic heterocycles. The van der Waals surface area contributed by atoms with Crippen molar-refractivity contribution in [1.82, 2.24) is 9.80 Å². The summed E-state index contributed by atoms with van der Waals surface area (Å²) in [6, 6.07) is 3.74. The molecule has 41 heavy (non-hydrogen) atoms. The van der Waals surface area contributed by atoms with Gasteiger partial charge in [-0.15, -0.1) is 0 Å².